The Kier molecular flexibility index (Phi) is 5.33. The number of nitrogens with zero attached hydrogens (tertiary/aromatic N) is 4. The van der Waals surface area contributed by atoms with Gasteiger partial charge < -0.3 is 14.8 Å². The van der Waals surface area contributed by atoms with Crippen LogP contribution in [0.4, 0.5) is 5.82 Å². The number of aryl methyl sites for hydroxylation is 2. The van der Waals surface area contributed by atoms with Gasteiger partial charge in [0.25, 0.3) is 5.56 Å². The molecule has 1 aliphatic carbocycles. The highest BCUT2D eigenvalue weighted by Crippen LogP contribution is 2.28. The zero-order valence-corrected chi connectivity index (χ0v) is 17.7. The second-order valence-electron chi connectivity index (χ2n) is 8.04. The Bertz CT molecular complexity index is 1260. The number of ether oxygens (including phenoxy) is 2. The molecule has 32 heavy (non-hydrogen) atoms. The summed E-state index contributed by atoms with van der Waals surface area (Å²) in [5.41, 5.74) is 4.02. The molecule has 1 fully saturated rings. The highest BCUT2D eigenvalue weighted by atomic mass is 16.5. The normalized spacial score (nSPS) is 19.4. The lowest BCUT2D eigenvalue weighted by atomic mass is 10.1. The molecule has 0 radical (unpaired) electrons. The summed E-state index contributed by atoms with van der Waals surface area (Å²) in [5.74, 6) is 1.27. The molecule has 162 valence electrons. The van der Waals surface area contributed by atoms with E-state index in [1.165, 1.54) is 10.7 Å². The molecular formula is C24H23N5O3. The Hall–Kier alpha value is -3.70. The van der Waals surface area contributed by atoms with Crippen LogP contribution in [0.1, 0.15) is 29.3 Å². The lowest BCUT2D eigenvalue weighted by molar-refractivity contribution is 0.183. The fraction of sp³-hybridized carbons (Fsp3) is 0.333. The standard InChI is InChI=1S/C24H23N5O3/c1-31-18-6-2-4-16(11-18)20-8-9-23(30)29(28-20)22-14-32-13-21(22)27-24-17(12-25)10-15-5-3-7-19(15)26-24/h2,4,6,8-11,21-22H,3,5,7,13-14H2,1H3,(H,26,27). The zero-order valence-electron chi connectivity index (χ0n) is 17.7. The number of nitriles is 1. The summed E-state index contributed by atoms with van der Waals surface area (Å²) in [6.45, 7) is 0.741. The third kappa shape index (κ3) is 3.72. The van der Waals surface area contributed by atoms with Crippen molar-refractivity contribution in [3.63, 3.8) is 0 Å². The topological polar surface area (TPSA) is 102 Å². The van der Waals surface area contributed by atoms with Gasteiger partial charge in [0.05, 0.1) is 37.6 Å². The van der Waals surface area contributed by atoms with Crippen molar-refractivity contribution in [2.24, 2.45) is 0 Å². The highest BCUT2D eigenvalue weighted by molar-refractivity contribution is 5.60. The molecule has 1 aromatic carbocycles. The number of methoxy groups -OCH3 is 1. The number of nitrogens with one attached hydrogen (secondary N) is 1. The largest absolute Gasteiger partial charge is 0.497 e. The van der Waals surface area contributed by atoms with Crippen LogP contribution in [0.3, 0.4) is 0 Å². The van der Waals surface area contributed by atoms with Crippen LogP contribution < -0.4 is 15.6 Å². The van der Waals surface area contributed by atoms with E-state index in [9.17, 15) is 10.1 Å². The summed E-state index contributed by atoms with van der Waals surface area (Å²) >= 11 is 0. The van der Waals surface area contributed by atoms with Gasteiger partial charge >= 0.3 is 0 Å². The highest BCUT2D eigenvalue weighted by Gasteiger charge is 2.33. The van der Waals surface area contributed by atoms with E-state index in [4.69, 9.17) is 14.5 Å². The summed E-state index contributed by atoms with van der Waals surface area (Å²) in [6, 6.07) is 14.4. The predicted octanol–water partition coefficient (Wildman–Crippen LogP) is 2.73. The third-order valence-corrected chi connectivity index (χ3v) is 6.05. The quantitative estimate of drug-likeness (QED) is 0.665. The number of pyridine rings is 1. The number of aromatic nitrogens is 3. The van der Waals surface area contributed by atoms with E-state index in [2.05, 4.69) is 16.5 Å². The lowest BCUT2D eigenvalue weighted by Crippen LogP contribution is -2.37. The van der Waals surface area contributed by atoms with Crippen LogP contribution in [0.25, 0.3) is 11.3 Å². The maximum absolute atomic E-state index is 12.7. The van der Waals surface area contributed by atoms with Crippen molar-refractivity contribution in [1.82, 2.24) is 14.8 Å². The SMILES string of the molecule is COc1cccc(-c2ccc(=O)n(C3COCC3Nc3nc4c(cc3C#N)CCC4)n2)c1. The van der Waals surface area contributed by atoms with E-state index in [0.29, 0.717) is 30.3 Å². The molecule has 1 aliphatic heterocycles. The molecule has 1 saturated heterocycles. The van der Waals surface area contributed by atoms with E-state index in [1.807, 2.05) is 30.3 Å². The van der Waals surface area contributed by atoms with Gasteiger partial charge in [-0.2, -0.15) is 10.4 Å². The van der Waals surface area contributed by atoms with Gasteiger partial charge in [0.1, 0.15) is 23.7 Å². The Balaban J connectivity index is 1.46. The predicted molar refractivity (Wildman–Crippen MR) is 119 cm³/mol. The average molecular weight is 429 g/mol. The van der Waals surface area contributed by atoms with Crippen molar-refractivity contribution in [3.8, 4) is 23.1 Å². The monoisotopic (exact) mass is 429 g/mol. The molecule has 2 aliphatic rings. The van der Waals surface area contributed by atoms with Crippen molar-refractivity contribution < 1.29 is 9.47 Å². The first kappa shape index (κ1) is 20.2. The number of benzene rings is 1. The van der Waals surface area contributed by atoms with Gasteiger partial charge in [-0.3, -0.25) is 4.79 Å². The number of fused-ring (bicyclic) bond motifs is 1. The molecule has 0 spiro atoms. The van der Waals surface area contributed by atoms with Crippen LogP contribution in [0.15, 0.2) is 47.3 Å². The van der Waals surface area contributed by atoms with Crippen molar-refractivity contribution >= 4 is 5.82 Å². The van der Waals surface area contributed by atoms with Gasteiger partial charge in [-0.05, 0) is 49.1 Å². The minimum atomic E-state index is -0.324. The van der Waals surface area contributed by atoms with E-state index >= 15 is 0 Å². The van der Waals surface area contributed by atoms with Crippen molar-refractivity contribution in [3.05, 3.63) is 69.6 Å². The molecule has 1 N–H and O–H groups in total. The van der Waals surface area contributed by atoms with Crippen molar-refractivity contribution in [2.45, 2.75) is 31.3 Å². The first-order chi connectivity index (χ1) is 15.7. The fourth-order valence-electron chi connectivity index (χ4n) is 4.36. The number of hydrogen-bond donors (Lipinski definition) is 1. The molecular weight excluding hydrogens is 406 g/mol. The maximum atomic E-state index is 12.7. The molecule has 5 rings (SSSR count). The number of rotatable bonds is 5. The van der Waals surface area contributed by atoms with Gasteiger partial charge in [-0.25, -0.2) is 9.67 Å². The van der Waals surface area contributed by atoms with E-state index in [0.717, 1.165) is 41.8 Å². The molecule has 0 amide bonds. The summed E-state index contributed by atoms with van der Waals surface area (Å²) < 4.78 is 12.5. The molecule has 2 aromatic heterocycles. The van der Waals surface area contributed by atoms with Crippen LogP contribution in [-0.4, -0.2) is 41.1 Å². The van der Waals surface area contributed by atoms with Crippen LogP contribution >= 0.6 is 0 Å². The van der Waals surface area contributed by atoms with Crippen LogP contribution in [0.5, 0.6) is 5.75 Å². The summed E-state index contributed by atoms with van der Waals surface area (Å²) in [7, 11) is 1.61. The molecule has 3 aromatic rings. The average Bonchev–Trinajstić information content (AvgIpc) is 3.48. The summed E-state index contributed by atoms with van der Waals surface area (Å²) in [5, 5.41) is 17.6. The Morgan fingerprint density at radius 1 is 1.22 bits per heavy atom. The van der Waals surface area contributed by atoms with Gasteiger partial charge in [0.15, 0.2) is 0 Å². The third-order valence-electron chi connectivity index (χ3n) is 6.05. The Morgan fingerprint density at radius 2 is 2.12 bits per heavy atom. The van der Waals surface area contributed by atoms with Crippen LogP contribution in [-0.2, 0) is 17.6 Å². The minimum Gasteiger partial charge on any atom is -0.497 e. The Morgan fingerprint density at radius 3 is 2.97 bits per heavy atom. The maximum Gasteiger partial charge on any atom is 0.267 e. The molecule has 0 saturated carbocycles. The van der Waals surface area contributed by atoms with Crippen LogP contribution in [0.2, 0.25) is 0 Å². The Labute approximate surface area is 185 Å². The molecule has 0 bridgehead atoms. The first-order valence-electron chi connectivity index (χ1n) is 10.7. The second-order valence-corrected chi connectivity index (χ2v) is 8.04. The minimum absolute atomic E-state index is 0.207. The number of hydrogen-bond acceptors (Lipinski definition) is 7. The lowest BCUT2D eigenvalue weighted by Gasteiger charge is -2.22. The number of anilines is 1. The second kappa shape index (κ2) is 8.44. The van der Waals surface area contributed by atoms with Gasteiger partial charge in [-0.1, -0.05) is 12.1 Å². The van der Waals surface area contributed by atoms with E-state index < -0.39 is 0 Å². The van der Waals surface area contributed by atoms with Gasteiger partial charge in [-0.15, -0.1) is 0 Å². The fourth-order valence-corrected chi connectivity index (χ4v) is 4.36. The van der Waals surface area contributed by atoms with Gasteiger partial charge in [0.2, 0.25) is 0 Å². The molecule has 8 nitrogen and oxygen atoms in total. The first-order valence-corrected chi connectivity index (χ1v) is 10.7. The molecule has 2 unspecified atom stereocenters. The van der Waals surface area contributed by atoms with E-state index in [-0.39, 0.29) is 17.6 Å². The summed E-state index contributed by atoms with van der Waals surface area (Å²) in [4.78, 5) is 17.4. The molecule has 2 atom stereocenters. The van der Waals surface area contributed by atoms with Crippen molar-refractivity contribution in [1.29, 1.82) is 5.26 Å². The van der Waals surface area contributed by atoms with Gasteiger partial charge in [0, 0.05) is 17.3 Å². The smallest absolute Gasteiger partial charge is 0.267 e. The zero-order chi connectivity index (χ0) is 22.1. The van der Waals surface area contributed by atoms with Crippen molar-refractivity contribution in [2.75, 3.05) is 25.6 Å². The molecule has 3 heterocycles. The summed E-state index contributed by atoms with van der Waals surface area (Å²) in [6.07, 6.45) is 2.94. The van der Waals surface area contributed by atoms with Crippen LogP contribution in [0, 0.1) is 11.3 Å². The van der Waals surface area contributed by atoms with E-state index in [1.54, 1.807) is 13.2 Å². The molecule has 8 heteroatoms.